The minimum atomic E-state index is -0.0992. The molecule has 2 unspecified atom stereocenters. The van der Waals surface area contributed by atoms with Gasteiger partial charge in [-0.25, -0.2) is 0 Å². The molecule has 0 spiro atoms. The minimum absolute atomic E-state index is 0.0992. The van der Waals surface area contributed by atoms with Gasteiger partial charge in [0.1, 0.15) is 6.29 Å². The van der Waals surface area contributed by atoms with Crippen molar-refractivity contribution < 1.29 is 4.79 Å². The average Bonchev–Trinajstić information content (AvgIpc) is 2.46. The van der Waals surface area contributed by atoms with E-state index in [0.717, 1.165) is 18.8 Å². The minimum Gasteiger partial charge on any atom is -0.303 e. The predicted molar refractivity (Wildman–Crippen MR) is 88.0 cm³/mol. The van der Waals surface area contributed by atoms with Crippen molar-refractivity contribution in [3.05, 3.63) is 24.3 Å². The summed E-state index contributed by atoms with van der Waals surface area (Å²) in [5, 5.41) is 0. The molecule has 0 saturated heterocycles. The molecule has 0 aliphatic heterocycles. The van der Waals surface area contributed by atoms with E-state index < -0.39 is 0 Å². The summed E-state index contributed by atoms with van der Waals surface area (Å²) in [6.45, 7) is 11.1. The molecule has 0 amide bonds. The van der Waals surface area contributed by atoms with Gasteiger partial charge in [0, 0.05) is 5.41 Å². The van der Waals surface area contributed by atoms with E-state index in [1.165, 1.54) is 38.4 Å². The van der Waals surface area contributed by atoms with E-state index in [1.807, 2.05) is 0 Å². The molecule has 2 saturated carbocycles. The van der Waals surface area contributed by atoms with E-state index in [9.17, 15) is 4.79 Å². The van der Waals surface area contributed by atoms with Crippen molar-refractivity contribution >= 4 is 6.29 Å². The Balaban J connectivity index is 1.98. The molecule has 1 nitrogen and oxygen atoms in total. The smallest absolute Gasteiger partial charge is 0.126 e. The van der Waals surface area contributed by atoms with Crippen LogP contribution >= 0.6 is 0 Å². The summed E-state index contributed by atoms with van der Waals surface area (Å²) >= 11 is 0. The van der Waals surface area contributed by atoms with Crippen LogP contribution in [0.15, 0.2) is 24.3 Å². The summed E-state index contributed by atoms with van der Waals surface area (Å²) in [6, 6.07) is 0. The van der Waals surface area contributed by atoms with Gasteiger partial charge in [0.25, 0.3) is 0 Å². The normalized spacial score (nSPS) is 49.6. The van der Waals surface area contributed by atoms with Crippen LogP contribution in [0.5, 0.6) is 0 Å². The van der Waals surface area contributed by atoms with Crippen molar-refractivity contribution in [1.82, 2.24) is 0 Å². The summed E-state index contributed by atoms with van der Waals surface area (Å²) < 4.78 is 0. The second-order valence-electron chi connectivity index (χ2n) is 8.65. The molecule has 0 bridgehead atoms. The van der Waals surface area contributed by atoms with Crippen molar-refractivity contribution in [2.24, 2.45) is 28.1 Å². The number of carbonyl (C=O) groups excluding carboxylic acids is 1. The van der Waals surface area contributed by atoms with Crippen molar-refractivity contribution in [1.29, 1.82) is 0 Å². The van der Waals surface area contributed by atoms with E-state index >= 15 is 0 Å². The van der Waals surface area contributed by atoms with Gasteiger partial charge in [0.05, 0.1) is 0 Å². The van der Waals surface area contributed by atoms with Gasteiger partial charge in [-0.05, 0) is 61.2 Å². The Bertz CT molecular complexity index is 490. The highest BCUT2D eigenvalue weighted by Crippen LogP contribution is 2.63. The molecule has 0 heterocycles. The van der Waals surface area contributed by atoms with Gasteiger partial charge in [0.15, 0.2) is 0 Å². The third kappa shape index (κ3) is 2.15. The maximum Gasteiger partial charge on any atom is 0.126 e. The summed E-state index contributed by atoms with van der Waals surface area (Å²) in [5.74, 6) is 1.27. The van der Waals surface area contributed by atoms with Gasteiger partial charge in [-0.2, -0.15) is 0 Å². The predicted octanol–water partition coefficient (Wildman–Crippen LogP) is 5.32. The molecule has 3 aliphatic carbocycles. The molecule has 21 heavy (non-hydrogen) atoms. The monoisotopic (exact) mass is 286 g/mol. The van der Waals surface area contributed by atoms with Gasteiger partial charge in [-0.3, -0.25) is 0 Å². The molecular weight excluding hydrogens is 256 g/mol. The fourth-order valence-corrected chi connectivity index (χ4v) is 5.81. The van der Waals surface area contributed by atoms with Crippen LogP contribution in [0.2, 0.25) is 0 Å². The fourth-order valence-electron chi connectivity index (χ4n) is 5.81. The van der Waals surface area contributed by atoms with E-state index in [0.29, 0.717) is 5.92 Å². The lowest BCUT2D eigenvalue weighted by Gasteiger charge is -2.58. The maximum atomic E-state index is 11.8. The third-order valence-corrected chi connectivity index (χ3v) is 7.14. The summed E-state index contributed by atoms with van der Waals surface area (Å²) in [7, 11) is 0. The molecule has 1 heteroatoms. The first kappa shape index (κ1) is 15.1. The Kier molecular flexibility index (Phi) is 3.46. The molecule has 0 radical (unpaired) electrons. The Morgan fingerprint density at radius 3 is 2.67 bits per heavy atom. The van der Waals surface area contributed by atoms with Crippen molar-refractivity contribution in [3.8, 4) is 0 Å². The Labute approximate surface area is 129 Å². The van der Waals surface area contributed by atoms with Crippen LogP contribution in [0.4, 0.5) is 0 Å². The SMILES string of the molecule is C=C[C@@]1(C)CC=C2C(CCC3[C@@]2(C)CCC[C@@]3(C)C=O)C1. The van der Waals surface area contributed by atoms with E-state index in [2.05, 4.69) is 39.5 Å². The molecule has 0 aromatic rings. The maximum absolute atomic E-state index is 11.8. The lowest BCUT2D eigenvalue weighted by molar-refractivity contribution is -0.126. The third-order valence-electron chi connectivity index (χ3n) is 7.14. The highest BCUT2D eigenvalue weighted by atomic mass is 16.1. The number of carbonyl (C=O) groups is 1. The largest absolute Gasteiger partial charge is 0.303 e. The molecule has 0 N–H and O–H groups in total. The molecule has 0 aromatic carbocycles. The van der Waals surface area contributed by atoms with Crippen LogP contribution in [0.3, 0.4) is 0 Å². The van der Waals surface area contributed by atoms with Gasteiger partial charge in [-0.15, -0.1) is 6.58 Å². The standard InChI is InChI=1S/C20H30O/c1-5-18(2)12-9-16-15(13-18)7-8-17-19(3,14-21)10-6-11-20(16,17)4/h5,9,14-15,17H,1,6-8,10-13H2,2-4H3/t15?,17?,18-,19-,20-/m0/s1. The molecule has 3 aliphatic rings. The average molecular weight is 286 g/mol. The van der Waals surface area contributed by atoms with Crippen molar-refractivity contribution in [3.63, 3.8) is 0 Å². The first-order valence-corrected chi connectivity index (χ1v) is 8.67. The number of hydrogen-bond acceptors (Lipinski definition) is 1. The first-order valence-electron chi connectivity index (χ1n) is 8.67. The summed E-state index contributed by atoms with van der Waals surface area (Å²) in [5.41, 5.74) is 2.13. The van der Waals surface area contributed by atoms with Crippen LogP contribution in [0.1, 0.15) is 65.7 Å². The highest BCUT2D eigenvalue weighted by molar-refractivity contribution is 5.60. The number of aldehydes is 1. The van der Waals surface area contributed by atoms with Crippen molar-refractivity contribution in [2.45, 2.75) is 65.7 Å². The summed E-state index contributed by atoms with van der Waals surface area (Å²) in [6.07, 6.45) is 14.4. The van der Waals surface area contributed by atoms with Gasteiger partial charge < -0.3 is 4.79 Å². The van der Waals surface area contributed by atoms with Crippen molar-refractivity contribution in [2.75, 3.05) is 0 Å². The number of hydrogen-bond donors (Lipinski definition) is 0. The quantitative estimate of drug-likeness (QED) is 0.496. The molecule has 116 valence electrons. The van der Waals surface area contributed by atoms with Gasteiger partial charge in [0.2, 0.25) is 0 Å². The molecule has 2 fully saturated rings. The lowest BCUT2D eigenvalue weighted by atomic mass is 9.46. The summed E-state index contributed by atoms with van der Waals surface area (Å²) in [4.78, 5) is 11.8. The second kappa shape index (κ2) is 4.83. The zero-order chi connectivity index (χ0) is 15.3. The van der Waals surface area contributed by atoms with E-state index in [-0.39, 0.29) is 16.2 Å². The van der Waals surface area contributed by atoms with Gasteiger partial charge in [-0.1, -0.05) is 44.9 Å². The Morgan fingerprint density at radius 1 is 1.24 bits per heavy atom. The number of rotatable bonds is 2. The zero-order valence-electron chi connectivity index (χ0n) is 14.0. The van der Waals surface area contributed by atoms with E-state index in [1.54, 1.807) is 5.57 Å². The molecular formula is C20H30O. The topological polar surface area (TPSA) is 17.1 Å². The van der Waals surface area contributed by atoms with E-state index in [4.69, 9.17) is 0 Å². The Hall–Kier alpha value is -0.850. The molecule has 3 rings (SSSR count). The highest BCUT2D eigenvalue weighted by Gasteiger charge is 2.54. The fraction of sp³-hybridized carbons (Fsp3) is 0.750. The zero-order valence-corrected chi connectivity index (χ0v) is 14.0. The lowest BCUT2D eigenvalue weighted by Crippen LogP contribution is -2.50. The number of fused-ring (bicyclic) bond motifs is 3. The van der Waals surface area contributed by atoms with Crippen LogP contribution in [0, 0.1) is 28.1 Å². The van der Waals surface area contributed by atoms with Crippen LogP contribution in [-0.4, -0.2) is 6.29 Å². The molecule has 5 atom stereocenters. The van der Waals surface area contributed by atoms with Gasteiger partial charge >= 0.3 is 0 Å². The van der Waals surface area contributed by atoms with Crippen LogP contribution in [0.25, 0.3) is 0 Å². The first-order chi connectivity index (χ1) is 9.87. The van der Waals surface area contributed by atoms with Crippen LogP contribution in [-0.2, 0) is 4.79 Å². The second-order valence-corrected chi connectivity index (χ2v) is 8.65. The number of allylic oxidation sites excluding steroid dienone is 3. The van der Waals surface area contributed by atoms with Crippen LogP contribution < -0.4 is 0 Å². The molecule has 0 aromatic heterocycles. The Morgan fingerprint density at radius 2 is 2.00 bits per heavy atom.